The molecule has 0 amide bonds. The molecule has 1 saturated heterocycles. The van der Waals surface area contributed by atoms with Crippen LogP contribution in [0.1, 0.15) is 32.3 Å². The van der Waals surface area contributed by atoms with Gasteiger partial charge in [0.2, 0.25) is 0 Å². The zero-order chi connectivity index (χ0) is 12.5. The topological polar surface area (TPSA) is 65.9 Å². The average molecular weight is 230 g/mol. The first-order valence-corrected chi connectivity index (χ1v) is 5.92. The molecule has 1 aliphatic heterocycles. The summed E-state index contributed by atoms with van der Waals surface area (Å²) in [7, 11) is 0. The minimum Gasteiger partial charge on any atom is -0.396 e. The van der Waals surface area contributed by atoms with E-state index in [0.717, 1.165) is 31.7 Å². The second-order valence-corrected chi connectivity index (χ2v) is 5.40. The molecule has 0 unspecified atom stereocenters. The third-order valence-electron chi connectivity index (χ3n) is 3.44. The van der Waals surface area contributed by atoms with Gasteiger partial charge in [0.1, 0.15) is 6.07 Å². The lowest BCUT2D eigenvalue weighted by molar-refractivity contribution is 0.279. The minimum absolute atomic E-state index is 0.415. The molecular weight excluding hydrogens is 212 g/mol. The van der Waals surface area contributed by atoms with Crippen molar-refractivity contribution in [2.75, 3.05) is 23.7 Å². The maximum atomic E-state index is 8.77. The van der Waals surface area contributed by atoms with Crippen molar-refractivity contribution < 1.29 is 0 Å². The Balaban J connectivity index is 2.17. The van der Waals surface area contributed by atoms with Gasteiger partial charge in [-0.15, -0.1) is 0 Å². The largest absolute Gasteiger partial charge is 0.396 e. The van der Waals surface area contributed by atoms with E-state index in [1.807, 2.05) is 6.07 Å². The van der Waals surface area contributed by atoms with Gasteiger partial charge in [-0.2, -0.15) is 5.26 Å². The summed E-state index contributed by atoms with van der Waals surface area (Å²) in [5, 5.41) is 8.77. The first kappa shape index (κ1) is 11.7. The summed E-state index contributed by atoms with van der Waals surface area (Å²) in [6, 6.07) is 3.75. The van der Waals surface area contributed by atoms with Crippen molar-refractivity contribution in [1.82, 2.24) is 4.98 Å². The lowest BCUT2D eigenvalue weighted by Crippen LogP contribution is -2.38. The summed E-state index contributed by atoms with van der Waals surface area (Å²) in [6.07, 6.45) is 3.88. The van der Waals surface area contributed by atoms with Crippen LogP contribution in [0.15, 0.2) is 12.3 Å². The van der Waals surface area contributed by atoms with E-state index in [4.69, 9.17) is 11.0 Å². The van der Waals surface area contributed by atoms with Crippen LogP contribution in [0.3, 0.4) is 0 Å². The van der Waals surface area contributed by atoms with Crippen LogP contribution in [0.5, 0.6) is 0 Å². The zero-order valence-electron chi connectivity index (χ0n) is 10.4. The van der Waals surface area contributed by atoms with Crippen molar-refractivity contribution in [1.29, 1.82) is 5.26 Å². The molecule has 2 N–H and O–H groups in total. The summed E-state index contributed by atoms with van der Waals surface area (Å²) in [5.41, 5.74) is 7.47. The summed E-state index contributed by atoms with van der Waals surface area (Å²) < 4.78 is 0. The van der Waals surface area contributed by atoms with Crippen molar-refractivity contribution in [2.24, 2.45) is 5.41 Å². The Morgan fingerprint density at radius 1 is 1.41 bits per heavy atom. The molecule has 2 rings (SSSR count). The van der Waals surface area contributed by atoms with Crippen molar-refractivity contribution in [3.05, 3.63) is 17.8 Å². The Labute approximate surface area is 102 Å². The third kappa shape index (κ3) is 2.50. The molecule has 1 aromatic heterocycles. The number of nitrogens with zero attached hydrogens (tertiary/aromatic N) is 3. The van der Waals surface area contributed by atoms with Gasteiger partial charge in [0, 0.05) is 19.3 Å². The van der Waals surface area contributed by atoms with Crippen molar-refractivity contribution >= 4 is 11.5 Å². The van der Waals surface area contributed by atoms with Crippen LogP contribution in [0.4, 0.5) is 11.5 Å². The molecule has 0 atom stereocenters. The number of piperidine rings is 1. The van der Waals surface area contributed by atoms with E-state index in [2.05, 4.69) is 23.7 Å². The van der Waals surface area contributed by atoms with E-state index in [1.165, 1.54) is 0 Å². The lowest BCUT2D eigenvalue weighted by Gasteiger charge is -2.37. The Kier molecular flexibility index (Phi) is 2.93. The van der Waals surface area contributed by atoms with Crippen molar-refractivity contribution in [2.45, 2.75) is 26.7 Å². The van der Waals surface area contributed by atoms with Gasteiger partial charge in [0.15, 0.2) is 5.82 Å². The number of nitrogens with two attached hydrogens (primary N) is 1. The zero-order valence-corrected chi connectivity index (χ0v) is 10.4. The predicted molar refractivity (Wildman–Crippen MR) is 68.6 cm³/mol. The van der Waals surface area contributed by atoms with Gasteiger partial charge >= 0.3 is 0 Å². The second kappa shape index (κ2) is 4.25. The van der Waals surface area contributed by atoms with Gasteiger partial charge in [0.25, 0.3) is 0 Å². The van der Waals surface area contributed by atoms with Crippen molar-refractivity contribution in [3.63, 3.8) is 0 Å². The highest BCUT2D eigenvalue weighted by Crippen LogP contribution is 2.33. The van der Waals surface area contributed by atoms with Gasteiger partial charge in [-0.05, 0) is 24.3 Å². The highest BCUT2D eigenvalue weighted by molar-refractivity contribution is 5.64. The highest BCUT2D eigenvalue weighted by atomic mass is 15.2. The van der Waals surface area contributed by atoms with Crippen LogP contribution in [0.2, 0.25) is 0 Å². The summed E-state index contributed by atoms with van der Waals surface area (Å²) in [5.74, 6) is 0.819. The van der Waals surface area contributed by atoms with Crippen LogP contribution >= 0.6 is 0 Å². The lowest BCUT2D eigenvalue weighted by atomic mass is 9.83. The molecule has 1 aliphatic rings. The molecular formula is C13H18N4. The smallest absolute Gasteiger partial charge is 0.151 e. The van der Waals surface area contributed by atoms with E-state index in [0.29, 0.717) is 16.7 Å². The SMILES string of the molecule is CC1(C)CCN(c2ncc(C#N)cc2N)CC1. The fourth-order valence-electron chi connectivity index (χ4n) is 2.12. The van der Waals surface area contributed by atoms with Crippen LogP contribution in [0, 0.1) is 16.7 Å². The third-order valence-corrected chi connectivity index (χ3v) is 3.44. The number of aromatic nitrogens is 1. The Morgan fingerprint density at radius 3 is 2.59 bits per heavy atom. The number of anilines is 2. The second-order valence-electron chi connectivity index (χ2n) is 5.40. The highest BCUT2D eigenvalue weighted by Gasteiger charge is 2.26. The van der Waals surface area contributed by atoms with E-state index in [-0.39, 0.29) is 0 Å². The number of hydrogen-bond acceptors (Lipinski definition) is 4. The molecule has 4 nitrogen and oxygen atoms in total. The molecule has 1 aromatic rings. The summed E-state index contributed by atoms with van der Waals surface area (Å²) in [4.78, 5) is 6.51. The molecule has 0 spiro atoms. The maximum absolute atomic E-state index is 8.77. The average Bonchev–Trinajstić information content (AvgIpc) is 2.29. The number of hydrogen-bond donors (Lipinski definition) is 1. The molecule has 0 saturated carbocycles. The van der Waals surface area contributed by atoms with Crippen LogP contribution in [0.25, 0.3) is 0 Å². The first-order chi connectivity index (χ1) is 8.02. The summed E-state index contributed by atoms with van der Waals surface area (Å²) in [6.45, 7) is 6.55. The van der Waals surface area contributed by atoms with E-state index < -0.39 is 0 Å². The Morgan fingerprint density at radius 2 is 2.06 bits per heavy atom. The fourth-order valence-corrected chi connectivity index (χ4v) is 2.12. The minimum atomic E-state index is 0.415. The molecule has 0 bridgehead atoms. The predicted octanol–water partition coefficient (Wildman–Crippen LogP) is 2.16. The Bertz CT molecular complexity index is 449. The van der Waals surface area contributed by atoms with Crippen LogP contribution < -0.4 is 10.6 Å². The normalized spacial score (nSPS) is 18.8. The molecule has 0 radical (unpaired) electrons. The molecule has 0 aliphatic carbocycles. The van der Waals surface area contributed by atoms with Gasteiger partial charge in [0.05, 0.1) is 11.3 Å². The molecule has 17 heavy (non-hydrogen) atoms. The molecule has 90 valence electrons. The number of rotatable bonds is 1. The van der Waals surface area contributed by atoms with Gasteiger partial charge < -0.3 is 10.6 Å². The molecule has 0 aromatic carbocycles. The van der Waals surface area contributed by atoms with Crippen molar-refractivity contribution in [3.8, 4) is 6.07 Å². The van der Waals surface area contributed by atoms with E-state index in [9.17, 15) is 0 Å². The van der Waals surface area contributed by atoms with Gasteiger partial charge in [-0.3, -0.25) is 0 Å². The van der Waals surface area contributed by atoms with Crippen LogP contribution in [-0.2, 0) is 0 Å². The summed E-state index contributed by atoms with van der Waals surface area (Å²) >= 11 is 0. The molecule has 2 heterocycles. The maximum Gasteiger partial charge on any atom is 0.151 e. The molecule has 1 fully saturated rings. The number of nitrogen functional groups attached to an aromatic ring is 1. The fraction of sp³-hybridized carbons (Fsp3) is 0.538. The monoisotopic (exact) mass is 230 g/mol. The first-order valence-electron chi connectivity index (χ1n) is 5.92. The Hall–Kier alpha value is -1.76. The quantitative estimate of drug-likeness (QED) is 0.803. The standard InChI is InChI=1S/C13H18N4/c1-13(2)3-5-17(6-4-13)12-11(15)7-10(8-14)9-16-12/h7,9H,3-6,15H2,1-2H3. The number of nitriles is 1. The number of pyridine rings is 1. The van der Waals surface area contributed by atoms with Gasteiger partial charge in [-0.1, -0.05) is 13.8 Å². The van der Waals surface area contributed by atoms with E-state index >= 15 is 0 Å². The van der Waals surface area contributed by atoms with Crippen LogP contribution in [-0.4, -0.2) is 18.1 Å². The van der Waals surface area contributed by atoms with Gasteiger partial charge in [-0.25, -0.2) is 4.98 Å². The molecule has 4 heteroatoms. The van der Waals surface area contributed by atoms with E-state index in [1.54, 1.807) is 12.3 Å².